The van der Waals surface area contributed by atoms with Gasteiger partial charge in [-0.25, -0.2) is 4.79 Å². The van der Waals surface area contributed by atoms with Crippen LogP contribution in [0.5, 0.6) is 0 Å². The second kappa shape index (κ2) is 8.17. The van der Waals surface area contributed by atoms with Crippen molar-refractivity contribution in [3.63, 3.8) is 0 Å². The van der Waals surface area contributed by atoms with Crippen molar-refractivity contribution in [1.82, 2.24) is 5.32 Å². The average molecular weight is 339 g/mol. The van der Waals surface area contributed by atoms with Crippen molar-refractivity contribution in [3.8, 4) is 0 Å². The molecule has 0 unspecified atom stereocenters. The van der Waals surface area contributed by atoms with Crippen LogP contribution in [0.4, 0.5) is 4.79 Å². The molecular weight excluding hydrogens is 314 g/mol. The number of amides is 1. The van der Waals surface area contributed by atoms with Crippen LogP contribution in [0.25, 0.3) is 0 Å². The Hall–Kier alpha value is -2.33. The summed E-state index contributed by atoms with van der Waals surface area (Å²) in [6.07, 6.45) is 2.99. The quantitative estimate of drug-likeness (QED) is 0.870. The van der Waals surface area contributed by atoms with E-state index in [0.29, 0.717) is 12.8 Å². The molecule has 2 aromatic rings. The SMILES string of the molecule is O=C(NC1(Cc2ccccc2)CCC(O)CC1)OCc1ccccc1. The fourth-order valence-corrected chi connectivity index (χ4v) is 3.46. The molecule has 25 heavy (non-hydrogen) atoms. The van der Waals surface area contributed by atoms with E-state index in [9.17, 15) is 9.90 Å². The first-order valence-corrected chi connectivity index (χ1v) is 8.86. The van der Waals surface area contributed by atoms with Gasteiger partial charge in [0.1, 0.15) is 6.61 Å². The molecule has 0 radical (unpaired) electrons. The maximum atomic E-state index is 12.4. The van der Waals surface area contributed by atoms with Crippen LogP contribution in [0.15, 0.2) is 60.7 Å². The summed E-state index contributed by atoms with van der Waals surface area (Å²) in [7, 11) is 0. The summed E-state index contributed by atoms with van der Waals surface area (Å²) in [6, 6.07) is 19.8. The van der Waals surface area contributed by atoms with Crippen LogP contribution in [-0.4, -0.2) is 22.8 Å². The van der Waals surface area contributed by atoms with Crippen LogP contribution in [0, 0.1) is 0 Å². The standard InChI is InChI=1S/C21H25NO3/c23-19-11-13-21(14-12-19,15-17-7-3-1-4-8-17)22-20(24)25-16-18-9-5-2-6-10-18/h1-10,19,23H,11-16H2,(H,22,24). The second-order valence-electron chi connectivity index (χ2n) is 6.86. The molecule has 0 heterocycles. The zero-order valence-electron chi connectivity index (χ0n) is 14.4. The average Bonchev–Trinajstić information content (AvgIpc) is 2.64. The monoisotopic (exact) mass is 339 g/mol. The predicted molar refractivity (Wildman–Crippen MR) is 97.1 cm³/mol. The molecular formula is C21H25NO3. The minimum Gasteiger partial charge on any atom is -0.445 e. The number of hydrogen-bond donors (Lipinski definition) is 2. The molecule has 0 atom stereocenters. The molecule has 1 fully saturated rings. The van der Waals surface area contributed by atoms with Gasteiger partial charge in [-0.05, 0) is 43.2 Å². The highest BCUT2D eigenvalue weighted by Crippen LogP contribution is 2.32. The number of benzene rings is 2. The Morgan fingerprint density at radius 3 is 2.16 bits per heavy atom. The third kappa shape index (κ3) is 5.07. The van der Waals surface area contributed by atoms with Gasteiger partial charge in [-0.3, -0.25) is 0 Å². The molecule has 1 saturated carbocycles. The van der Waals surface area contributed by atoms with Gasteiger partial charge in [-0.15, -0.1) is 0 Å². The van der Waals surface area contributed by atoms with Gasteiger partial charge < -0.3 is 15.2 Å². The maximum Gasteiger partial charge on any atom is 0.407 e. The first kappa shape index (κ1) is 17.5. The van der Waals surface area contributed by atoms with Crippen molar-refractivity contribution >= 4 is 6.09 Å². The summed E-state index contributed by atoms with van der Waals surface area (Å²) in [5.74, 6) is 0. The van der Waals surface area contributed by atoms with Gasteiger partial charge in [0.2, 0.25) is 0 Å². The van der Waals surface area contributed by atoms with Gasteiger partial charge in [0.25, 0.3) is 0 Å². The van der Waals surface area contributed by atoms with Crippen LogP contribution in [0.2, 0.25) is 0 Å². The zero-order valence-corrected chi connectivity index (χ0v) is 14.4. The van der Waals surface area contributed by atoms with Crippen molar-refractivity contribution in [3.05, 3.63) is 71.8 Å². The lowest BCUT2D eigenvalue weighted by Gasteiger charge is -2.39. The first-order chi connectivity index (χ1) is 12.2. The number of alkyl carbamates (subject to hydrolysis) is 1. The summed E-state index contributed by atoms with van der Waals surface area (Å²) in [4.78, 5) is 12.4. The lowest BCUT2D eigenvalue weighted by atomic mass is 9.76. The molecule has 1 amide bonds. The molecule has 0 aliphatic heterocycles. The van der Waals surface area contributed by atoms with Gasteiger partial charge in [0.05, 0.1) is 6.10 Å². The van der Waals surface area contributed by atoms with E-state index in [0.717, 1.165) is 24.8 Å². The van der Waals surface area contributed by atoms with Gasteiger partial charge >= 0.3 is 6.09 Å². The summed E-state index contributed by atoms with van der Waals surface area (Å²) in [5.41, 5.74) is 1.80. The molecule has 2 N–H and O–H groups in total. The van der Waals surface area contributed by atoms with Crippen LogP contribution in [0.3, 0.4) is 0 Å². The van der Waals surface area contributed by atoms with Crippen molar-refractivity contribution in [1.29, 1.82) is 0 Å². The van der Waals surface area contributed by atoms with Gasteiger partial charge in [0, 0.05) is 5.54 Å². The predicted octanol–water partition coefficient (Wildman–Crippen LogP) is 3.83. The Morgan fingerprint density at radius 2 is 1.56 bits per heavy atom. The van der Waals surface area contributed by atoms with Crippen molar-refractivity contribution in [2.45, 2.75) is 50.4 Å². The molecule has 4 heteroatoms. The minimum atomic E-state index is -0.392. The number of rotatable bonds is 5. The number of ether oxygens (including phenoxy) is 1. The van der Waals surface area contributed by atoms with Crippen molar-refractivity contribution < 1.29 is 14.6 Å². The Labute approximate surface area is 148 Å². The van der Waals surface area contributed by atoms with E-state index in [1.165, 1.54) is 5.56 Å². The van der Waals surface area contributed by atoms with E-state index < -0.39 is 6.09 Å². The second-order valence-corrected chi connectivity index (χ2v) is 6.86. The van der Waals surface area contributed by atoms with E-state index >= 15 is 0 Å². The van der Waals surface area contributed by atoms with Crippen LogP contribution >= 0.6 is 0 Å². The zero-order chi connectivity index (χ0) is 17.5. The number of nitrogens with one attached hydrogen (secondary N) is 1. The smallest absolute Gasteiger partial charge is 0.407 e. The van der Waals surface area contributed by atoms with E-state index in [2.05, 4.69) is 17.4 Å². The van der Waals surface area contributed by atoms with Crippen LogP contribution < -0.4 is 5.32 Å². The van der Waals surface area contributed by atoms with E-state index in [1.807, 2.05) is 48.5 Å². The molecule has 0 bridgehead atoms. The Morgan fingerprint density at radius 1 is 1.00 bits per heavy atom. The summed E-state index contributed by atoms with van der Waals surface area (Å²) >= 11 is 0. The fraction of sp³-hybridized carbons (Fsp3) is 0.381. The molecule has 132 valence electrons. The highest BCUT2D eigenvalue weighted by molar-refractivity contribution is 5.68. The molecule has 2 aromatic carbocycles. The normalized spacial score (nSPS) is 23.0. The number of carbonyl (C=O) groups excluding carboxylic acids is 1. The van der Waals surface area contributed by atoms with Gasteiger partial charge in [-0.2, -0.15) is 0 Å². The summed E-state index contributed by atoms with van der Waals surface area (Å²) < 4.78 is 5.41. The molecule has 4 nitrogen and oxygen atoms in total. The minimum absolute atomic E-state index is 0.261. The Kier molecular flexibility index (Phi) is 5.71. The molecule has 0 aromatic heterocycles. The number of aliphatic hydroxyl groups excluding tert-OH is 1. The van der Waals surface area contributed by atoms with E-state index in [1.54, 1.807) is 0 Å². The van der Waals surface area contributed by atoms with E-state index in [4.69, 9.17) is 4.74 Å². The number of hydrogen-bond acceptors (Lipinski definition) is 3. The highest BCUT2D eigenvalue weighted by atomic mass is 16.5. The first-order valence-electron chi connectivity index (χ1n) is 8.86. The fourth-order valence-electron chi connectivity index (χ4n) is 3.46. The Bertz CT molecular complexity index is 664. The molecule has 1 aliphatic carbocycles. The molecule has 0 saturated heterocycles. The highest BCUT2D eigenvalue weighted by Gasteiger charge is 2.36. The van der Waals surface area contributed by atoms with E-state index in [-0.39, 0.29) is 18.2 Å². The lowest BCUT2D eigenvalue weighted by molar-refractivity contribution is 0.0726. The molecule has 0 spiro atoms. The number of aliphatic hydroxyl groups is 1. The summed E-state index contributed by atoms with van der Waals surface area (Å²) in [6.45, 7) is 0.261. The van der Waals surface area contributed by atoms with Crippen molar-refractivity contribution in [2.75, 3.05) is 0 Å². The topological polar surface area (TPSA) is 58.6 Å². The third-order valence-corrected chi connectivity index (χ3v) is 4.88. The van der Waals surface area contributed by atoms with Crippen LogP contribution in [0.1, 0.15) is 36.8 Å². The Balaban J connectivity index is 1.64. The summed E-state index contributed by atoms with van der Waals surface area (Å²) in [5, 5.41) is 12.9. The molecule has 1 aliphatic rings. The number of carbonyl (C=O) groups is 1. The van der Waals surface area contributed by atoms with Gasteiger partial charge in [0.15, 0.2) is 0 Å². The lowest BCUT2D eigenvalue weighted by Crippen LogP contribution is -2.53. The maximum absolute atomic E-state index is 12.4. The third-order valence-electron chi connectivity index (χ3n) is 4.88. The molecule has 3 rings (SSSR count). The van der Waals surface area contributed by atoms with Gasteiger partial charge in [-0.1, -0.05) is 60.7 Å². The van der Waals surface area contributed by atoms with Crippen molar-refractivity contribution in [2.24, 2.45) is 0 Å². The van der Waals surface area contributed by atoms with Crippen LogP contribution in [-0.2, 0) is 17.8 Å². The largest absolute Gasteiger partial charge is 0.445 e.